The van der Waals surface area contributed by atoms with Gasteiger partial charge in [0.05, 0.1) is 25.1 Å². The average Bonchev–Trinajstić information content (AvgIpc) is 2.39. The van der Waals surface area contributed by atoms with Crippen molar-refractivity contribution in [3.63, 3.8) is 0 Å². The summed E-state index contributed by atoms with van der Waals surface area (Å²) in [6.07, 6.45) is 0. The second kappa shape index (κ2) is 6.12. The molecule has 0 heterocycles. The Balaban J connectivity index is 2.87. The first kappa shape index (κ1) is 15.9. The van der Waals surface area contributed by atoms with Gasteiger partial charge in [-0.15, -0.1) is 0 Å². The lowest BCUT2D eigenvalue weighted by atomic mass is 10.0. The number of rotatable bonds is 1. The van der Waals surface area contributed by atoms with Gasteiger partial charge in [-0.2, -0.15) is 0 Å². The fourth-order valence-electron chi connectivity index (χ4n) is 1.54. The predicted octanol–water partition coefficient (Wildman–Crippen LogP) is 7.36. The molecule has 100 valence electrons. The van der Waals surface area contributed by atoms with Gasteiger partial charge in [0.2, 0.25) is 0 Å². The van der Waals surface area contributed by atoms with Gasteiger partial charge in [-0.25, -0.2) is 4.39 Å². The molecule has 0 N–H and O–H groups in total. The normalized spacial score (nSPS) is 10.9. The van der Waals surface area contributed by atoms with Crippen LogP contribution in [-0.4, -0.2) is 0 Å². The zero-order valence-electron chi connectivity index (χ0n) is 8.88. The van der Waals surface area contributed by atoms with Crippen molar-refractivity contribution in [2.24, 2.45) is 0 Å². The van der Waals surface area contributed by atoms with Gasteiger partial charge in [-0.3, -0.25) is 0 Å². The van der Waals surface area contributed by atoms with Gasteiger partial charge >= 0.3 is 0 Å². The van der Waals surface area contributed by atoms with Crippen LogP contribution in [0, 0.1) is 9.39 Å². The highest BCUT2D eigenvalue weighted by molar-refractivity contribution is 14.1. The van der Waals surface area contributed by atoms with E-state index in [0.717, 1.165) is 0 Å². The first-order chi connectivity index (χ1) is 8.86. The molecule has 0 saturated heterocycles. The molecule has 0 fully saturated rings. The van der Waals surface area contributed by atoms with E-state index in [2.05, 4.69) is 0 Å². The predicted molar refractivity (Wildman–Crippen MR) is 89.6 cm³/mol. The van der Waals surface area contributed by atoms with Crippen LogP contribution in [-0.2, 0) is 0 Å². The molecule has 0 atom stereocenters. The summed E-state index contributed by atoms with van der Waals surface area (Å²) in [5.74, 6) is -0.443. The summed E-state index contributed by atoms with van der Waals surface area (Å²) in [6, 6.07) is 4.86. The van der Waals surface area contributed by atoms with E-state index in [0.29, 0.717) is 3.57 Å². The van der Waals surface area contributed by atoms with E-state index in [9.17, 15) is 4.39 Å². The van der Waals surface area contributed by atoms with E-state index in [-0.39, 0.29) is 36.2 Å². The summed E-state index contributed by atoms with van der Waals surface area (Å²) < 4.78 is 14.6. The summed E-state index contributed by atoms with van der Waals surface area (Å²) in [6.45, 7) is 0. The van der Waals surface area contributed by atoms with Crippen molar-refractivity contribution in [3.05, 3.63) is 52.7 Å². The Kier molecular flexibility index (Phi) is 5.13. The van der Waals surface area contributed by atoms with Gasteiger partial charge < -0.3 is 0 Å². The Labute approximate surface area is 147 Å². The largest absolute Gasteiger partial charge is 0.205 e. The SMILES string of the molecule is Fc1c(I)cccc1-c1c(Cl)c(Cl)c(Cl)c(Cl)c1Cl. The molecule has 0 aliphatic rings. The van der Waals surface area contributed by atoms with Crippen molar-refractivity contribution in [2.45, 2.75) is 0 Å². The summed E-state index contributed by atoms with van der Waals surface area (Å²) in [5, 5.41) is 0.286. The highest BCUT2D eigenvalue weighted by Crippen LogP contribution is 2.48. The third-order valence-electron chi connectivity index (χ3n) is 2.43. The molecule has 0 bridgehead atoms. The number of halogens is 7. The van der Waals surface area contributed by atoms with Crippen LogP contribution in [0.3, 0.4) is 0 Å². The van der Waals surface area contributed by atoms with Crippen molar-refractivity contribution in [3.8, 4) is 11.1 Å². The summed E-state index contributed by atoms with van der Waals surface area (Å²) in [4.78, 5) is 0. The van der Waals surface area contributed by atoms with E-state index in [1.807, 2.05) is 22.6 Å². The van der Waals surface area contributed by atoms with E-state index >= 15 is 0 Å². The number of hydrogen-bond acceptors (Lipinski definition) is 0. The van der Waals surface area contributed by atoms with Crippen molar-refractivity contribution >= 4 is 80.6 Å². The Morgan fingerprint density at radius 2 is 1.26 bits per heavy atom. The third kappa shape index (κ3) is 2.81. The third-order valence-corrected chi connectivity index (χ3v) is 5.54. The molecular weight excluding hydrogens is 467 g/mol. The molecule has 0 aliphatic carbocycles. The molecule has 2 aromatic carbocycles. The first-order valence-electron chi connectivity index (χ1n) is 4.82. The minimum atomic E-state index is -0.443. The standard InChI is InChI=1S/C12H3Cl5FI/c13-7-6(4-2-1-3-5(19)12(4)18)8(14)10(16)11(17)9(7)15/h1-3H. The minimum absolute atomic E-state index is 0.0472. The fourth-order valence-corrected chi connectivity index (χ4v) is 3.38. The summed E-state index contributed by atoms with van der Waals surface area (Å²) >= 11 is 31.9. The lowest BCUT2D eigenvalue weighted by Gasteiger charge is -2.13. The maximum atomic E-state index is 14.2. The molecule has 0 saturated carbocycles. The second-order valence-corrected chi connectivity index (χ2v) is 6.60. The van der Waals surface area contributed by atoms with Crippen molar-refractivity contribution in [2.75, 3.05) is 0 Å². The lowest BCUT2D eigenvalue weighted by Crippen LogP contribution is -1.92. The van der Waals surface area contributed by atoms with Crippen LogP contribution in [0.15, 0.2) is 18.2 Å². The highest BCUT2D eigenvalue weighted by atomic mass is 127. The van der Waals surface area contributed by atoms with Gasteiger partial charge in [-0.05, 0) is 28.7 Å². The molecule has 7 heteroatoms. The topological polar surface area (TPSA) is 0 Å². The maximum Gasteiger partial charge on any atom is 0.144 e. The summed E-state index contributed by atoms with van der Waals surface area (Å²) in [7, 11) is 0. The van der Waals surface area contributed by atoms with Crippen LogP contribution in [0.4, 0.5) is 4.39 Å². The van der Waals surface area contributed by atoms with E-state index in [4.69, 9.17) is 58.0 Å². The first-order valence-corrected chi connectivity index (χ1v) is 7.79. The van der Waals surface area contributed by atoms with Crippen LogP contribution in [0.25, 0.3) is 11.1 Å². The molecule has 2 aromatic rings. The van der Waals surface area contributed by atoms with Crippen LogP contribution < -0.4 is 0 Å². The van der Waals surface area contributed by atoms with Crippen molar-refractivity contribution in [1.29, 1.82) is 0 Å². The molecule has 0 unspecified atom stereocenters. The molecule has 0 nitrogen and oxygen atoms in total. The Morgan fingerprint density at radius 3 is 1.79 bits per heavy atom. The zero-order chi connectivity index (χ0) is 14.3. The molecular formula is C12H3Cl5FI. The minimum Gasteiger partial charge on any atom is -0.205 e. The van der Waals surface area contributed by atoms with Crippen molar-refractivity contribution in [1.82, 2.24) is 0 Å². The van der Waals surface area contributed by atoms with Gasteiger partial charge in [0.1, 0.15) is 5.82 Å². The second-order valence-electron chi connectivity index (χ2n) is 3.55. The van der Waals surface area contributed by atoms with E-state index in [1.54, 1.807) is 18.2 Å². The molecule has 2 rings (SSSR count). The zero-order valence-corrected chi connectivity index (χ0v) is 14.8. The number of hydrogen-bond donors (Lipinski definition) is 0. The lowest BCUT2D eigenvalue weighted by molar-refractivity contribution is 0.624. The van der Waals surface area contributed by atoms with E-state index < -0.39 is 5.82 Å². The average molecular weight is 470 g/mol. The molecule has 0 aliphatic heterocycles. The Hall–Kier alpha value is 0.550. The van der Waals surface area contributed by atoms with Gasteiger partial charge in [0.25, 0.3) is 0 Å². The molecule has 0 amide bonds. The summed E-state index contributed by atoms with van der Waals surface area (Å²) in [5.41, 5.74) is 0.459. The maximum absolute atomic E-state index is 14.2. The molecule has 0 spiro atoms. The Bertz CT molecular complexity index is 643. The molecule has 19 heavy (non-hydrogen) atoms. The smallest absolute Gasteiger partial charge is 0.144 e. The van der Waals surface area contributed by atoms with Crippen LogP contribution in [0.1, 0.15) is 0 Å². The molecule has 0 radical (unpaired) electrons. The van der Waals surface area contributed by atoms with Gasteiger partial charge in [0.15, 0.2) is 0 Å². The Morgan fingerprint density at radius 1 is 0.789 bits per heavy atom. The quantitative estimate of drug-likeness (QED) is 0.232. The van der Waals surface area contributed by atoms with Gasteiger partial charge in [0, 0.05) is 14.7 Å². The van der Waals surface area contributed by atoms with Gasteiger partial charge in [-0.1, -0.05) is 70.1 Å². The highest BCUT2D eigenvalue weighted by Gasteiger charge is 2.22. The fraction of sp³-hybridized carbons (Fsp3) is 0. The van der Waals surface area contributed by atoms with E-state index in [1.165, 1.54) is 0 Å². The van der Waals surface area contributed by atoms with Crippen LogP contribution in [0.2, 0.25) is 25.1 Å². The van der Waals surface area contributed by atoms with Crippen LogP contribution in [0.5, 0.6) is 0 Å². The van der Waals surface area contributed by atoms with Crippen molar-refractivity contribution < 1.29 is 4.39 Å². The monoisotopic (exact) mass is 468 g/mol. The number of benzene rings is 2. The van der Waals surface area contributed by atoms with Crippen LogP contribution >= 0.6 is 80.6 Å². The molecule has 0 aromatic heterocycles.